The number of carboxylic acid groups (broad SMARTS) is 1. The van der Waals surface area contributed by atoms with Crippen LogP contribution >= 0.6 is 46.4 Å². The molecule has 1 unspecified atom stereocenters. The van der Waals surface area contributed by atoms with Crippen molar-refractivity contribution >= 4 is 58.3 Å². The quantitative estimate of drug-likeness (QED) is 0.312. The van der Waals surface area contributed by atoms with Gasteiger partial charge in [0.25, 0.3) is 5.91 Å². The lowest BCUT2D eigenvalue weighted by molar-refractivity contribution is -0.139. The minimum absolute atomic E-state index is 0.000127. The topological polar surface area (TPSA) is 75.6 Å². The van der Waals surface area contributed by atoms with Crippen LogP contribution in [0.25, 0.3) is 11.1 Å². The first-order valence-electron chi connectivity index (χ1n) is 11.3. The number of carboxylic acids is 1. The summed E-state index contributed by atoms with van der Waals surface area (Å²) in [4.78, 5) is 25.0. The Morgan fingerprint density at radius 1 is 1.05 bits per heavy atom. The first-order valence-corrected chi connectivity index (χ1v) is 12.9. The molecule has 2 N–H and O–H groups in total. The predicted octanol–water partition coefficient (Wildman–Crippen LogP) is 7.64. The molecule has 1 atom stereocenters. The zero-order chi connectivity index (χ0) is 27.1. The summed E-state index contributed by atoms with van der Waals surface area (Å²) in [6.45, 7) is 3.88. The van der Waals surface area contributed by atoms with Crippen molar-refractivity contribution in [3.8, 4) is 16.9 Å². The van der Waals surface area contributed by atoms with Crippen LogP contribution in [0.5, 0.6) is 5.75 Å². The van der Waals surface area contributed by atoms with E-state index in [1.54, 1.807) is 18.2 Å². The second kappa shape index (κ2) is 10.7. The fourth-order valence-electron chi connectivity index (χ4n) is 4.37. The van der Waals surface area contributed by atoms with E-state index in [0.717, 1.165) is 5.56 Å². The number of hydrogen-bond acceptors (Lipinski definition) is 3. The molecule has 3 aromatic rings. The number of ether oxygens (including phenoxy) is 1. The number of nitrogens with one attached hydrogen (secondary N) is 1. The molecule has 0 saturated heterocycles. The zero-order valence-electron chi connectivity index (χ0n) is 19.8. The lowest BCUT2D eigenvalue weighted by Crippen LogP contribution is -2.43. The summed E-state index contributed by atoms with van der Waals surface area (Å²) < 4.78 is 20.2. The van der Waals surface area contributed by atoms with Crippen molar-refractivity contribution in [2.45, 2.75) is 44.8 Å². The van der Waals surface area contributed by atoms with Crippen molar-refractivity contribution in [3.63, 3.8) is 0 Å². The normalized spacial score (nSPS) is 14.9. The maximum Gasteiger partial charge on any atom is 0.326 e. The molecule has 37 heavy (non-hydrogen) atoms. The van der Waals surface area contributed by atoms with Crippen molar-refractivity contribution in [1.82, 2.24) is 5.32 Å². The maximum atomic E-state index is 13.8. The molecule has 0 aliphatic carbocycles. The zero-order valence-corrected chi connectivity index (χ0v) is 22.8. The third-order valence-corrected chi connectivity index (χ3v) is 7.43. The van der Waals surface area contributed by atoms with Gasteiger partial charge < -0.3 is 15.2 Å². The lowest BCUT2D eigenvalue weighted by Gasteiger charge is -2.35. The Morgan fingerprint density at radius 3 is 2.27 bits per heavy atom. The summed E-state index contributed by atoms with van der Waals surface area (Å²) in [5.41, 5.74) is 1.91. The van der Waals surface area contributed by atoms with Gasteiger partial charge in [0.15, 0.2) is 0 Å². The van der Waals surface area contributed by atoms with E-state index in [0.29, 0.717) is 35.3 Å². The Balaban J connectivity index is 1.74. The van der Waals surface area contributed by atoms with Gasteiger partial charge in [0.2, 0.25) is 0 Å². The fraction of sp³-hybridized carbons (Fsp3) is 0.259. The van der Waals surface area contributed by atoms with E-state index in [1.807, 2.05) is 13.8 Å². The summed E-state index contributed by atoms with van der Waals surface area (Å²) >= 11 is 25.0. The van der Waals surface area contributed by atoms with E-state index in [-0.39, 0.29) is 32.1 Å². The first kappa shape index (κ1) is 27.5. The number of fused-ring (bicyclic) bond motifs is 1. The molecule has 0 bridgehead atoms. The highest BCUT2D eigenvalue weighted by atomic mass is 35.5. The Bertz CT molecular complexity index is 1370. The van der Waals surface area contributed by atoms with Crippen LogP contribution in [-0.4, -0.2) is 28.6 Å². The third-order valence-electron chi connectivity index (χ3n) is 6.21. The number of halogens is 5. The third kappa shape index (κ3) is 5.83. The molecule has 10 heteroatoms. The molecule has 1 amide bonds. The molecule has 5 nitrogen and oxygen atoms in total. The summed E-state index contributed by atoms with van der Waals surface area (Å²) in [5.74, 6) is -2.00. The summed E-state index contributed by atoms with van der Waals surface area (Å²) in [5, 5.41) is 12.9. The second-order valence-corrected chi connectivity index (χ2v) is 11.0. The largest absolute Gasteiger partial charge is 0.487 e. The molecule has 0 fully saturated rings. The molecule has 4 rings (SSSR count). The van der Waals surface area contributed by atoms with Crippen molar-refractivity contribution in [2.24, 2.45) is 0 Å². The van der Waals surface area contributed by atoms with E-state index in [2.05, 4.69) is 5.32 Å². The van der Waals surface area contributed by atoms with Gasteiger partial charge in [-0.1, -0.05) is 64.6 Å². The number of amides is 1. The SMILES string of the molecule is CC1(C)CCc2c(CC(NC(=O)c3c(Cl)cccc3Cl)C(=O)O)ccc(-c3c(Cl)cc(F)cc3Cl)c2O1. The molecule has 1 aliphatic heterocycles. The molecular formula is C27H22Cl4FNO4. The Kier molecular flexibility index (Phi) is 7.96. The van der Waals surface area contributed by atoms with Crippen LogP contribution in [0.2, 0.25) is 20.1 Å². The van der Waals surface area contributed by atoms with Crippen LogP contribution < -0.4 is 10.1 Å². The Labute approximate surface area is 233 Å². The number of rotatable bonds is 6. The standard InChI is InChI=1S/C27H22Cl4FNO4/c1-27(2)9-8-15-13(6-7-16(24(15)37-27)22-19(30)11-14(32)12-20(22)31)10-21(26(35)36)33-25(34)23-17(28)4-3-5-18(23)29/h3-7,11-12,21H,8-10H2,1-2H3,(H,33,34)(H,35,36). The average Bonchev–Trinajstić information content (AvgIpc) is 2.78. The van der Waals surface area contributed by atoms with Gasteiger partial charge in [0.1, 0.15) is 23.2 Å². The van der Waals surface area contributed by atoms with Gasteiger partial charge >= 0.3 is 5.97 Å². The second-order valence-electron chi connectivity index (χ2n) is 9.35. The highest BCUT2D eigenvalue weighted by Gasteiger charge is 2.33. The van der Waals surface area contributed by atoms with Crippen molar-refractivity contribution in [1.29, 1.82) is 0 Å². The monoisotopic (exact) mass is 583 g/mol. The lowest BCUT2D eigenvalue weighted by atomic mass is 9.86. The van der Waals surface area contributed by atoms with E-state index < -0.39 is 29.3 Å². The van der Waals surface area contributed by atoms with Gasteiger partial charge in [0.05, 0.1) is 25.7 Å². The molecule has 0 radical (unpaired) electrons. The first-order chi connectivity index (χ1) is 17.4. The van der Waals surface area contributed by atoms with Crippen molar-refractivity contribution < 1.29 is 23.8 Å². The predicted molar refractivity (Wildman–Crippen MR) is 144 cm³/mol. The van der Waals surface area contributed by atoms with E-state index in [1.165, 1.54) is 24.3 Å². The molecule has 3 aromatic carbocycles. The van der Waals surface area contributed by atoms with Crippen molar-refractivity contribution in [3.05, 3.63) is 85.1 Å². The van der Waals surface area contributed by atoms with Gasteiger partial charge in [-0.25, -0.2) is 9.18 Å². The van der Waals surface area contributed by atoms with Gasteiger partial charge in [-0.3, -0.25) is 4.79 Å². The van der Waals surface area contributed by atoms with Crippen LogP contribution in [0.3, 0.4) is 0 Å². The smallest absolute Gasteiger partial charge is 0.326 e. The number of carbonyl (C=O) groups is 2. The van der Waals surface area contributed by atoms with Crippen molar-refractivity contribution in [2.75, 3.05) is 0 Å². The number of benzene rings is 3. The Hall–Kier alpha value is -2.51. The highest BCUT2D eigenvalue weighted by molar-refractivity contribution is 6.40. The van der Waals surface area contributed by atoms with Crippen LogP contribution in [0.15, 0.2) is 42.5 Å². The average molecular weight is 585 g/mol. The number of aliphatic carboxylic acids is 1. The molecule has 194 valence electrons. The van der Waals surface area contributed by atoms with Crippen LogP contribution in [-0.2, 0) is 17.6 Å². The number of hydrogen-bond donors (Lipinski definition) is 2. The van der Waals surface area contributed by atoms with Gasteiger partial charge in [-0.05, 0) is 62.1 Å². The van der Waals surface area contributed by atoms with E-state index >= 15 is 0 Å². The van der Waals surface area contributed by atoms with Gasteiger partial charge in [0, 0.05) is 17.5 Å². The molecular weight excluding hydrogens is 563 g/mol. The van der Waals surface area contributed by atoms with E-state index in [9.17, 15) is 19.1 Å². The summed E-state index contributed by atoms with van der Waals surface area (Å²) in [7, 11) is 0. The molecule has 1 aliphatic rings. The highest BCUT2D eigenvalue weighted by Crippen LogP contribution is 2.47. The minimum atomic E-state index is -1.28. The van der Waals surface area contributed by atoms with Gasteiger partial charge in [-0.2, -0.15) is 0 Å². The molecule has 1 heterocycles. The summed E-state index contributed by atoms with van der Waals surface area (Å²) in [6.07, 6.45) is 1.22. The van der Waals surface area contributed by atoms with Crippen LogP contribution in [0.1, 0.15) is 41.8 Å². The maximum absolute atomic E-state index is 13.8. The number of carbonyl (C=O) groups excluding carboxylic acids is 1. The molecule has 0 saturated carbocycles. The van der Waals surface area contributed by atoms with E-state index in [4.69, 9.17) is 51.1 Å². The Morgan fingerprint density at radius 2 is 1.68 bits per heavy atom. The molecule has 0 spiro atoms. The van der Waals surface area contributed by atoms with Crippen LogP contribution in [0.4, 0.5) is 4.39 Å². The minimum Gasteiger partial charge on any atom is -0.487 e. The summed E-state index contributed by atoms with van der Waals surface area (Å²) in [6, 6.07) is 9.12. The van der Waals surface area contributed by atoms with Gasteiger partial charge in [-0.15, -0.1) is 0 Å². The molecule has 0 aromatic heterocycles. The fourth-order valence-corrected chi connectivity index (χ4v) is 5.60. The van der Waals surface area contributed by atoms with Crippen LogP contribution in [0, 0.1) is 5.82 Å².